The molecular weight excluding hydrogens is 442 g/mol. The van der Waals surface area contributed by atoms with Crippen LogP contribution in [0.25, 0.3) is 10.2 Å². The summed E-state index contributed by atoms with van der Waals surface area (Å²) in [4.78, 5) is 30.0. The van der Waals surface area contributed by atoms with Crippen LogP contribution in [-0.2, 0) is 19.3 Å². The van der Waals surface area contributed by atoms with Crippen LogP contribution in [0.1, 0.15) is 54.1 Å². The molecule has 3 heterocycles. The lowest BCUT2D eigenvalue weighted by molar-refractivity contribution is 0.208. The first kappa shape index (κ1) is 23.1. The van der Waals surface area contributed by atoms with Gasteiger partial charge < -0.3 is 15.1 Å². The second-order valence-electron chi connectivity index (χ2n) is 9.97. The monoisotopic (exact) mass is 477 g/mol. The molecular formula is C27H35N5OS. The van der Waals surface area contributed by atoms with Gasteiger partial charge in [0.25, 0.3) is 0 Å². The first-order chi connectivity index (χ1) is 16.4. The van der Waals surface area contributed by atoms with Crippen molar-refractivity contribution in [2.75, 3.05) is 36.4 Å². The van der Waals surface area contributed by atoms with Gasteiger partial charge in [0.2, 0.25) is 0 Å². The Kier molecular flexibility index (Phi) is 6.47. The number of nitrogens with zero attached hydrogens (tertiary/aromatic N) is 4. The molecule has 180 valence electrons. The van der Waals surface area contributed by atoms with Crippen molar-refractivity contribution in [3.8, 4) is 0 Å². The summed E-state index contributed by atoms with van der Waals surface area (Å²) < 4.78 is 0. The molecule has 3 aromatic rings. The largest absolute Gasteiger partial charge is 0.352 e. The average Bonchev–Trinajstić information content (AvgIpc) is 3.18. The van der Waals surface area contributed by atoms with Crippen LogP contribution >= 0.6 is 11.3 Å². The molecule has 1 N–H and O–H groups in total. The number of carbonyl (C=O) groups excluding carboxylic acids is 1. The molecule has 0 spiro atoms. The third kappa shape index (κ3) is 4.50. The molecule has 1 saturated heterocycles. The Labute approximate surface area is 206 Å². The molecule has 1 aliphatic carbocycles. The maximum Gasteiger partial charge on any atom is 0.321 e. The Morgan fingerprint density at radius 3 is 2.71 bits per heavy atom. The fourth-order valence-corrected chi connectivity index (χ4v) is 6.60. The molecule has 1 aromatic carbocycles. The number of benzene rings is 1. The summed E-state index contributed by atoms with van der Waals surface area (Å²) in [6, 6.07) is 6.11. The van der Waals surface area contributed by atoms with Crippen molar-refractivity contribution in [1.29, 1.82) is 0 Å². The SMILES string of the molecule is CCCc1nc(N2CCN(C(=O)Nc3ccc(C)cc3C)CC2)c2c3c(sc2n1)C[C@H](C)CC3. The van der Waals surface area contributed by atoms with Gasteiger partial charge in [-0.2, -0.15) is 0 Å². The predicted octanol–water partition coefficient (Wildman–Crippen LogP) is 5.74. The number of fused-ring (bicyclic) bond motifs is 3. The van der Waals surface area contributed by atoms with Crippen LogP contribution in [0.3, 0.4) is 0 Å². The standard InChI is InChI=1S/C27H35N5OS/c1-5-6-23-29-25(24-20-9-7-18(3)16-22(20)34-26(24)30-23)31-11-13-32(14-12-31)27(33)28-21-10-8-17(2)15-19(21)4/h8,10,15,18H,5-7,9,11-14,16H2,1-4H3,(H,28,33)/t18-/m1/s1. The van der Waals surface area contributed by atoms with Gasteiger partial charge in [-0.15, -0.1) is 11.3 Å². The molecule has 1 fully saturated rings. The highest BCUT2D eigenvalue weighted by Crippen LogP contribution is 2.41. The van der Waals surface area contributed by atoms with E-state index in [1.54, 1.807) is 0 Å². The van der Waals surface area contributed by atoms with E-state index in [0.29, 0.717) is 13.1 Å². The highest BCUT2D eigenvalue weighted by atomic mass is 32.1. The Morgan fingerprint density at radius 1 is 1.18 bits per heavy atom. The zero-order valence-electron chi connectivity index (χ0n) is 20.8. The zero-order valence-corrected chi connectivity index (χ0v) is 21.6. The number of nitrogens with one attached hydrogen (secondary N) is 1. The van der Waals surface area contributed by atoms with Crippen molar-refractivity contribution in [2.45, 2.75) is 59.8 Å². The number of hydrogen-bond donors (Lipinski definition) is 1. The van der Waals surface area contributed by atoms with Gasteiger partial charge in [0, 0.05) is 43.2 Å². The van der Waals surface area contributed by atoms with Gasteiger partial charge in [0.1, 0.15) is 16.5 Å². The maximum absolute atomic E-state index is 13.0. The fourth-order valence-electron chi connectivity index (χ4n) is 5.20. The number of hydrogen-bond acceptors (Lipinski definition) is 5. The Balaban J connectivity index is 1.36. The van der Waals surface area contributed by atoms with Crippen LogP contribution in [0, 0.1) is 19.8 Å². The molecule has 0 unspecified atom stereocenters. The molecule has 2 amide bonds. The van der Waals surface area contributed by atoms with Gasteiger partial charge in [-0.05, 0) is 62.6 Å². The molecule has 0 radical (unpaired) electrons. The second-order valence-corrected chi connectivity index (χ2v) is 11.1. The smallest absolute Gasteiger partial charge is 0.321 e. The minimum atomic E-state index is -0.0204. The van der Waals surface area contributed by atoms with E-state index in [9.17, 15) is 4.79 Å². The van der Waals surface area contributed by atoms with E-state index in [-0.39, 0.29) is 6.03 Å². The van der Waals surface area contributed by atoms with Gasteiger partial charge in [-0.1, -0.05) is 31.5 Å². The van der Waals surface area contributed by atoms with Crippen molar-refractivity contribution < 1.29 is 4.79 Å². The van der Waals surface area contributed by atoms with Crippen molar-refractivity contribution >= 4 is 39.1 Å². The number of piperazine rings is 1. The number of amides is 2. The molecule has 7 heteroatoms. The lowest BCUT2D eigenvalue weighted by Crippen LogP contribution is -2.50. The van der Waals surface area contributed by atoms with Crippen LogP contribution in [0.4, 0.5) is 16.3 Å². The summed E-state index contributed by atoms with van der Waals surface area (Å²) in [5.74, 6) is 2.79. The van der Waals surface area contributed by atoms with Gasteiger partial charge in [-0.3, -0.25) is 0 Å². The quantitative estimate of drug-likeness (QED) is 0.521. The van der Waals surface area contributed by atoms with Crippen LogP contribution in [0.15, 0.2) is 18.2 Å². The third-order valence-corrected chi connectivity index (χ3v) is 8.29. The molecule has 0 bridgehead atoms. The van der Waals surface area contributed by atoms with E-state index >= 15 is 0 Å². The summed E-state index contributed by atoms with van der Waals surface area (Å²) >= 11 is 1.88. The molecule has 5 rings (SSSR count). The number of aromatic nitrogens is 2. The summed E-state index contributed by atoms with van der Waals surface area (Å²) in [5.41, 5.74) is 4.66. The molecule has 1 aliphatic heterocycles. The molecule has 2 aromatic heterocycles. The van der Waals surface area contributed by atoms with Crippen LogP contribution in [-0.4, -0.2) is 47.1 Å². The number of carbonyl (C=O) groups is 1. The molecule has 0 saturated carbocycles. The number of anilines is 2. The number of aryl methyl sites for hydroxylation is 4. The van der Waals surface area contributed by atoms with Gasteiger partial charge in [-0.25, -0.2) is 14.8 Å². The highest BCUT2D eigenvalue weighted by Gasteiger charge is 2.28. The Hall–Kier alpha value is -2.67. The van der Waals surface area contributed by atoms with Crippen molar-refractivity contribution in [2.24, 2.45) is 5.92 Å². The van der Waals surface area contributed by atoms with E-state index in [0.717, 1.165) is 72.4 Å². The summed E-state index contributed by atoms with van der Waals surface area (Å²) in [6.45, 7) is 11.6. The summed E-state index contributed by atoms with van der Waals surface area (Å²) in [7, 11) is 0. The van der Waals surface area contributed by atoms with Crippen molar-refractivity contribution in [3.63, 3.8) is 0 Å². The summed E-state index contributed by atoms with van der Waals surface area (Å²) in [6.07, 6.45) is 5.46. The first-order valence-corrected chi connectivity index (χ1v) is 13.4. The Bertz CT molecular complexity index is 1210. The molecule has 2 aliphatic rings. The second kappa shape index (κ2) is 9.53. The first-order valence-electron chi connectivity index (χ1n) is 12.6. The molecule has 34 heavy (non-hydrogen) atoms. The van der Waals surface area contributed by atoms with E-state index in [1.165, 1.54) is 27.8 Å². The van der Waals surface area contributed by atoms with Crippen LogP contribution in [0.2, 0.25) is 0 Å². The van der Waals surface area contributed by atoms with Crippen molar-refractivity contribution in [1.82, 2.24) is 14.9 Å². The van der Waals surface area contributed by atoms with Crippen LogP contribution < -0.4 is 10.2 Å². The van der Waals surface area contributed by atoms with Crippen LogP contribution in [0.5, 0.6) is 0 Å². The van der Waals surface area contributed by atoms with E-state index < -0.39 is 0 Å². The van der Waals surface area contributed by atoms with E-state index in [4.69, 9.17) is 9.97 Å². The number of thiophene rings is 1. The Morgan fingerprint density at radius 2 is 1.97 bits per heavy atom. The lowest BCUT2D eigenvalue weighted by Gasteiger charge is -2.36. The van der Waals surface area contributed by atoms with Crippen molar-refractivity contribution in [3.05, 3.63) is 45.6 Å². The normalized spacial score (nSPS) is 18.3. The minimum absolute atomic E-state index is 0.0204. The maximum atomic E-state index is 13.0. The molecule has 6 nitrogen and oxygen atoms in total. The third-order valence-electron chi connectivity index (χ3n) is 7.15. The zero-order chi connectivity index (χ0) is 23.8. The predicted molar refractivity (Wildman–Crippen MR) is 141 cm³/mol. The fraction of sp³-hybridized carbons (Fsp3) is 0.519. The van der Waals surface area contributed by atoms with Gasteiger partial charge >= 0.3 is 6.03 Å². The average molecular weight is 478 g/mol. The topological polar surface area (TPSA) is 61.4 Å². The summed E-state index contributed by atoms with van der Waals surface area (Å²) in [5, 5.41) is 4.38. The van der Waals surface area contributed by atoms with E-state index in [1.807, 2.05) is 35.3 Å². The minimum Gasteiger partial charge on any atom is -0.352 e. The van der Waals surface area contributed by atoms with Gasteiger partial charge in [0.05, 0.1) is 5.39 Å². The number of rotatable bonds is 4. The van der Waals surface area contributed by atoms with Gasteiger partial charge in [0.15, 0.2) is 0 Å². The lowest BCUT2D eigenvalue weighted by atomic mass is 9.89. The number of urea groups is 1. The molecule has 1 atom stereocenters. The van der Waals surface area contributed by atoms with E-state index in [2.05, 4.69) is 37.1 Å². The highest BCUT2D eigenvalue weighted by molar-refractivity contribution is 7.19.